The van der Waals surface area contributed by atoms with E-state index in [2.05, 4.69) is 36.7 Å². The van der Waals surface area contributed by atoms with E-state index in [4.69, 9.17) is 4.74 Å². The van der Waals surface area contributed by atoms with Gasteiger partial charge in [-0.3, -0.25) is 0 Å². The van der Waals surface area contributed by atoms with Gasteiger partial charge >= 0.3 is 0 Å². The van der Waals surface area contributed by atoms with Crippen LogP contribution in [0.5, 0.6) is 0 Å². The number of halogens is 1. The summed E-state index contributed by atoms with van der Waals surface area (Å²) in [5, 5.41) is 0. The molecule has 1 saturated heterocycles. The summed E-state index contributed by atoms with van der Waals surface area (Å²) in [7, 11) is 0. The summed E-state index contributed by atoms with van der Waals surface area (Å²) in [5.41, 5.74) is 0.714. The zero-order chi connectivity index (χ0) is 12.5. The maximum Gasteiger partial charge on any atom is 0.0685 e. The minimum atomic E-state index is 0.326. The average Bonchev–Trinajstić information content (AvgIpc) is 2.23. The summed E-state index contributed by atoms with van der Waals surface area (Å²) in [6.07, 6.45) is 9.32. The maximum absolute atomic E-state index is 5.99. The lowest BCUT2D eigenvalue weighted by molar-refractivity contribution is -0.144. The molecule has 100 valence electrons. The Labute approximate surface area is 115 Å². The first kappa shape index (κ1) is 13.9. The lowest BCUT2D eigenvalue weighted by atomic mass is 9.71. The SMILES string of the molecule is CC(C)(C)C(Br)CCC1CCOC2(CCC2)C1. The largest absolute Gasteiger partial charge is 0.375 e. The molecule has 1 spiro atoms. The van der Waals surface area contributed by atoms with Gasteiger partial charge in [0.2, 0.25) is 0 Å². The molecule has 1 aliphatic heterocycles. The number of hydrogen-bond donors (Lipinski definition) is 0. The van der Waals surface area contributed by atoms with Gasteiger partial charge in [-0.15, -0.1) is 0 Å². The van der Waals surface area contributed by atoms with Crippen molar-refractivity contribution in [1.82, 2.24) is 0 Å². The second-order valence-electron chi connectivity index (χ2n) is 7.15. The van der Waals surface area contributed by atoms with Crippen LogP contribution in [0.25, 0.3) is 0 Å². The Kier molecular flexibility index (Phi) is 4.24. The molecule has 0 N–H and O–H groups in total. The summed E-state index contributed by atoms with van der Waals surface area (Å²) in [4.78, 5) is 0.648. The van der Waals surface area contributed by atoms with Crippen molar-refractivity contribution >= 4 is 15.9 Å². The van der Waals surface area contributed by atoms with Crippen LogP contribution in [-0.2, 0) is 4.74 Å². The number of hydrogen-bond acceptors (Lipinski definition) is 1. The fourth-order valence-corrected chi connectivity index (χ4v) is 3.37. The van der Waals surface area contributed by atoms with Crippen LogP contribution in [0.15, 0.2) is 0 Å². The van der Waals surface area contributed by atoms with Crippen molar-refractivity contribution in [2.75, 3.05) is 6.61 Å². The van der Waals surface area contributed by atoms with Crippen LogP contribution >= 0.6 is 15.9 Å². The van der Waals surface area contributed by atoms with E-state index in [0.29, 0.717) is 15.8 Å². The highest BCUT2D eigenvalue weighted by atomic mass is 79.9. The third-order valence-corrected chi connectivity index (χ3v) is 6.46. The number of alkyl halides is 1. The predicted octanol–water partition coefficient (Wildman–Crippen LogP) is 4.93. The molecular formula is C15H27BrO. The van der Waals surface area contributed by atoms with Crippen molar-refractivity contribution in [3.05, 3.63) is 0 Å². The molecule has 0 radical (unpaired) electrons. The van der Waals surface area contributed by atoms with Gasteiger partial charge in [0.05, 0.1) is 5.60 Å². The molecule has 0 aromatic carbocycles. The van der Waals surface area contributed by atoms with Gasteiger partial charge in [0.15, 0.2) is 0 Å². The second kappa shape index (κ2) is 5.21. The molecule has 2 aliphatic rings. The minimum absolute atomic E-state index is 0.326. The summed E-state index contributed by atoms with van der Waals surface area (Å²) in [6, 6.07) is 0. The van der Waals surface area contributed by atoms with Crippen molar-refractivity contribution in [2.45, 2.75) is 76.1 Å². The average molecular weight is 303 g/mol. The van der Waals surface area contributed by atoms with E-state index in [9.17, 15) is 0 Å². The first-order valence-corrected chi connectivity index (χ1v) is 8.11. The van der Waals surface area contributed by atoms with Crippen LogP contribution in [0.4, 0.5) is 0 Å². The van der Waals surface area contributed by atoms with Crippen LogP contribution in [0.1, 0.15) is 65.7 Å². The molecule has 1 heterocycles. The molecule has 2 unspecified atom stereocenters. The highest BCUT2D eigenvalue weighted by molar-refractivity contribution is 9.09. The molecule has 17 heavy (non-hydrogen) atoms. The molecule has 0 amide bonds. The highest BCUT2D eigenvalue weighted by Crippen LogP contribution is 2.45. The van der Waals surface area contributed by atoms with Crippen molar-refractivity contribution in [2.24, 2.45) is 11.3 Å². The van der Waals surface area contributed by atoms with E-state index < -0.39 is 0 Å². The first-order chi connectivity index (χ1) is 7.91. The summed E-state index contributed by atoms with van der Waals surface area (Å²) in [6.45, 7) is 7.98. The molecule has 2 atom stereocenters. The maximum atomic E-state index is 5.99. The molecule has 0 aromatic rings. The van der Waals surface area contributed by atoms with Gasteiger partial charge in [-0.25, -0.2) is 0 Å². The highest BCUT2D eigenvalue weighted by Gasteiger charge is 2.42. The van der Waals surface area contributed by atoms with Crippen LogP contribution in [-0.4, -0.2) is 17.0 Å². The topological polar surface area (TPSA) is 9.23 Å². The van der Waals surface area contributed by atoms with Gasteiger partial charge in [0, 0.05) is 11.4 Å². The lowest BCUT2D eigenvalue weighted by Gasteiger charge is -2.47. The van der Waals surface area contributed by atoms with E-state index in [0.717, 1.165) is 12.5 Å². The Morgan fingerprint density at radius 3 is 2.59 bits per heavy atom. The van der Waals surface area contributed by atoms with Gasteiger partial charge in [-0.1, -0.05) is 36.7 Å². The quantitative estimate of drug-likeness (QED) is 0.672. The molecule has 1 aliphatic carbocycles. The Bertz CT molecular complexity index is 252. The Balaban J connectivity index is 1.76. The summed E-state index contributed by atoms with van der Waals surface area (Å²) < 4.78 is 5.99. The van der Waals surface area contributed by atoms with Crippen molar-refractivity contribution in [3.63, 3.8) is 0 Å². The zero-order valence-electron chi connectivity index (χ0n) is 11.6. The van der Waals surface area contributed by atoms with E-state index in [1.165, 1.54) is 44.9 Å². The van der Waals surface area contributed by atoms with Crippen molar-refractivity contribution in [1.29, 1.82) is 0 Å². The van der Waals surface area contributed by atoms with E-state index >= 15 is 0 Å². The van der Waals surface area contributed by atoms with Crippen LogP contribution < -0.4 is 0 Å². The zero-order valence-corrected chi connectivity index (χ0v) is 13.2. The molecule has 0 bridgehead atoms. The Morgan fingerprint density at radius 1 is 1.35 bits per heavy atom. The number of rotatable bonds is 3. The van der Waals surface area contributed by atoms with Crippen LogP contribution in [0.2, 0.25) is 0 Å². The van der Waals surface area contributed by atoms with Gasteiger partial charge in [0.1, 0.15) is 0 Å². The Morgan fingerprint density at radius 2 is 2.06 bits per heavy atom. The third-order valence-electron chi connectivity index (χ3n) is 4.63. The minimum Gasteiger partial charge on any atom is -0.375 e. The molecule has 2 heteroatoms. The number of ether oxygens (including phenoxy) is 1. The van der Waals surface area contributed by atoms with E-state index in [1.54, 1.807) is 0 Å². The fourth-order valence-electron chi connectivity index (χ4n) is 3.11. The van der Waals surface area contributed by atoms with E-state index in [-0.39, 0.29) is 0 Å². The second-order valence-corrected chi connectivity index (χ2v) is 8.26. The Hall–Kier alpha value is 0.440. The monoisotopic (exact) mass is 302 g/mol. The molecule has 2 fully saturated rings. The third kappa shape index (κ3) is 3.47. The van der Waals surface area contributed by atoms with Crippen LogP contribution in [0.3, 0.4) is 0 Å². The predicted molar refractivity (Wildman–Crippen MR) is 76.7 cm³/mol. The fraction of sp³-hybridized carbons (Fsp3) is 1.00. The van der Waals surface area contributed by atoms with Crippen molar-refractivity contribution in [3.8, 4) is 0 Å². The standard InChI is InChI=1S/C15H27BrO/c1-14(2,3)13(16)6-5-12-7-10-17-15(11-12)8-4-9-15/h12-13H,4-11H2,1-3H3. The molecule has 0 aromatic heterocycles. The molecular weight excluding hydrogens is 276 g/mol. The van der Waals surface area contributed by atoms with Gasteiger partial charge in [-0.05, 0) is 56.3 Å². The smallest absolute Gasteiger partial charge is 0.0685 e. The first-order valence-electron chi connectivity index (χ1n) is 7.19. The summed E-state index contributed by atoms with van der Waals surface area (Å²) in [5.74, 6) is 0.909. The normalized spacial score (nSPS) is 30.0. The van der Waals surface area contributed by atoms with E-state index in [1.807, 2.05) is 0 Å². The van der Waals surface area contributed by atoms with Gasteiger partial charge in [0.25, 0.3) is 0 Å². The van der Waals surface area contributed by atoms with Gasteiger partial charge in [-0.2, -0.15) is 0 Å². The van der Waals surface area contributed by atoms with Gasteiger partial charge < -0.3 is 4.74 Å². The van der Waals surface area contributed by atoms with Crippen molar-refractivity contribution < 1.29 is 4.74 Å². The molecule has 1 nitrogen and oxygen atoms in total. The lowest BCUT2D eigenvalue weighted by Crippen LogP contribution is -2.45. The van der Waals surface area contributed by atoms with Crippen LogP contribution in [0, 0.1) is 11.3 Å². The molecule has 2 rings (SSSR count). The molecule has 1 saturated carbocycles. The summed E-state index contributed by atoms with van der Waals surface area (Å²) >= 11 is 3.85.